The first-order chi connectivity index (χ1) is 10.5. The molecule has 0 spiro atoms. The second-order valence-corrected chi connectivity index (χ2v) is 5.14. The van der Waals surface area contributed by atoms with Gasteiger partial charge in [-0.2, -0.15) is 0 Å². The van der Waals surface area contributed by atoms with Crippen LogP contribution in [0.3, 0.4) is 0 Å². The number of anilines is 1. The molecule has 1 N–H and O–H groups in total. The van der Waals surface area contributed by atoms with Gasteiger partial charge in [0, 0.05) is 33.9 Å². The largest absolute Gasteiger partial charge is 0.322 e. The summed E-state index contributed by atoms with van der Waals surface area (Å²) in [6, 6.07) is 10.6. The Morgan fingerprint density at radius 2 is 1.95 bits per heavy atom. The number of benzene rings is 2. The zero-order valence-electron chi connectivity index (χ0n) is 11.1. The van der Waals surface area contributed by atoms with E-state index < -0.39 is 10.8 Å². The minimum Gasteiger partial charge on any atom is -0.322 e. The maximum Gasteiger partial charge on any atom is 0.271 e. The zero-order chi connectivity index (χ0) is 16.1. The van der Waals surface area contributed by atoms with Crippen molar-refractivity contribution >= 4 is 46.6 Å². The van der Waals surface area contributed by atoms with Crippen molar-refractivity contribution < 1.29 is 9.72 Å². The summed E-state index contributed by atoms with van der Waals surface area (Å²) < 4.78 is 0. The average molecular weight is 337 g/mol. The summed E-state index contributed by atoms with van der Waals surface area (Å²) in [4.78, 5) is 21.9. The Morgan fingerprint density at radius 3 is 2.64 bits per heavy atom. The van der Waals surface area contributed by atoms with Gasteiger partial charge in [0.05, 0.1) is 4.92 Å². The molecule has 22 heavy (non-hydrogen) atoms. The number of hydrogen-bond acceptors (Lipinski definition) is 3. The van der Waals surface area contributed by atoms with E-state index in [1.807, 2.05) is 0 Å². The highest BCUT2D eigenvalue weighted by atomic mass is 35.5. The molecule has 2 aromatic rings. The normalized spacial score (nSPS) is 10.6. The lowest BCUT2D eigenvalue weighted by molar-refractivity contribution is -0.384. The van der Waals surface area contributed by atoms with E-state index in [1.165, 1.54) is 30.4 Å². The minimum atomic E-state index is -0.529. The standard InChI is InChI=1S/C15H10Cl2N2O3/c16-11-6-4-10(14(17)8-11)5-7-15(20)18-12-2-1-3-13(9-12)19(21)22/h1-9H,(H,18,20). The molecule has 112 valence electrons. The van der Waals surface area contributed by atoms with Gasteiger partial charge in [0.2, 0.25) is 5.91 Å². The van der Waals surface area contributed by atoms with Crippen molar-refractivity contribution in [1.82, 2.24) is 0 Å². The van der Waals surface area contributed by atoms with Gasteiger partial charge in [-0.25, -0.2) is 0 Å². The summed E-state index contributed by atoms with van der Waals surface area (Å²) in [5.41, 5.74) is 0.883. The van der Waals surface area contributed by atoms with E-state index in [-0.39, 0.29) is 5.69 Å². The van der Waals surface area contributed by atoms with Gasteiger partial charge in [0.15, 0.2) is 0 Å². The van der Waals surface area contributed by atoms with E-state index in [4.69, 9.17) is 23.2 Å². The number of carbonyl (C=O) groups is 1. The zero-order valence-corrected chi connectivity index (χ0v) is 12.6. The van der Waals surface area contributed by atoms with E-state index in [0.29, 0.717) is 21.3 Å². The SMILES string of the molecule is O=C(C=Cc1ccc(Cl)cc1Cl)Nc1cccc([N+](=O)[O-])c1. The van der Waals surface area contributed by atoms with Crippen LogP contribution in [-0.2, 0) is 4.79 Å². The van der Waals surface area contributed by atoms with E-state index in [2.05, 4.69) is 5.32 Å². The average Bonchev–Trinajstić information content (AvgIpc) is 2.46. The molecule has 0 heterocycles. The minimum absolute atomic E-state index is 0.0949. The third-order valence-electron chi connectivity index (χ3n) is 2.70. The molecule has 0 atom stereocenters. The maximum atomic E-state index is 11.8. The van der Waals surface area contributed by atoms with Gasteiger partial charge in [-0.15, -0.1) is 0 Å². The van der Waals surface area contributed by atoms with Crippen LogP contribution in [0.25, 0.3) is 6.08 Å². The number of amides is 1. The second-order valence-electron chi connectivity index (χ2n) is 4.30. The molecule has 5 nitrogen and oxygen atoms in total. The molecule has 0 radical (unpaired) electrons. The van der Waals surface area contributed by atoms with Gasteiger partial charge in [-0.3, -0.25) is 14.9 Å². The van der Waals surface area contributed by atoms with Crippen LogP contribution in [0.4, 0.5) is 11.4 Å². The molecule has 0 saturated carbocycles. The first kappa shape index (κ1) is 16.0. The highest BCUT2D eigenvalue weighted by Gasteiger charge is 2.06. The summed E-state index contributed by atoms with van der Waals surface area (Å²) in [7, 11) is 0. The molecule has 0 aliphatic heterocycles. The molecule has 1 amide bonds. The number of non-ortho nitro benzene ring substituents is 1. The third kappa shape index (κ3) is 4.31. The number of carbonyl (C=O) groups excluding carboxylic acids is 1. The molecule has 0 bridgehead atoms. The van der Waals surface area contributed by atoms with E-state index in [9.17, 15) is 14.9 Å². The number of halogens is 2. The molecule has 0 fully saturated rings. The predicted molar refractivity (Wildman–Crippen MR) is 87.2 cm³/mol. The number of hydrogen-bond donors (Lipinski definition) is 1. The van der Waals surface area contributed by atoms with Crippen LogP contribution in [0, 0.1) is 10.1 Å². The van der Waals surface area contributed by atoms with Crippen molar-refractivity contribution in [2.75, 3.05) is 5.32 Å². The highest BCUT2D eigenvalue weighted by molar-refractivity contribution is 6.35. The van der Waals surface area contributed by atoms with Crippen molar-refractivity contribution in [3.63, 3.8) is 0 Å². The first-order valence-electron chi connectivity index (χ1n) is 6.14. The topological polar surface area (TPSA) is 72.2 Å². The quantitative estimate of drug-likeness (QED) is 0.505. The van der Waals surface area contributed by atoms with Crippen molar-refractivity contribution in [2.24, 2.45) is 0 Å². The highest BCUT2D eigenvalue weighted by Crippen LogP contribution is 2.22. The third-order valence-corrected chi connectivity index (χ3v) is 3.26. The molecule has 0 aliphatic rings. The molecule has 0 saturated heterocycles. The van der Waals surface area contributed by atoms with Gasteiger partial charge in [-0.1, -0.05) is 35.3 Å². The Bertz CT molecular complexity index is 760. The van der Waals surface area contributed by atoms with Gasteiger partial charge in [-0.05, 0) is 29.8 Å². The molecule has 0 unspecified atom stereocenters. The molecule has 7 heteroatoms. The van der Waals surface area contributed by atoms with E-state index in [1.54, 1.807) is 24.3 Å². The maximum absolute atomic E-state index is 11.8. The van der Waals surface area contributed by atoms with Crippen molar-refractivity contribution in [3.05, 3.63) is 74.3 Å². The number of nitrogens with zero attached hydrogens (tertiary/aromatic N) is 1. The first-order valence-corrected chi connectivity index (χ1v) is 6.90. The Kier molecular flexibility index (Phi) is 5.14. The number of nitrogens with one attached hydrogen (secondary N) is 1. The molecule has 2 rings (SSSR count). The molecule has 0 aromatic heterocycles. The summed E-state index contributed by atoms with van der Waals surface area (Å²) >= 11 is 11.8. The van der Waals surface area contributed by atoms with Crippen LogP contribution < -0.4 is 5.32 Å². The van der Waals surface area contributed by atoms with Crippen LogP contribution in [0.15, 0.2) is 48.5 Å². The second kappa shape index (κ2) is 7.06. The van der Waals surface area contributed by atoms with Gasteiger partial charge < -0.3 is 5.32 Å². The van der Waals surface area contributed by atoms with Gasteiger partial charge >= 0.3 is 0 Å². The monoisotopic (exact) mass is 336 g/mol. The van der Waals surface area contributed by atoms with Gasteiger partial charge in [0.25, 0.3) is 5.69 Å². The van der Waals surface area contributed by atoms with Crippen LogP contribution >= 0.6 is 23.2 Å². The lowest BCUT2D eigenvalue weighted by Crippen LogP contribution is -2.07. The number of rotatable bonds is 4. The van der Waals surface area contributed by atoms with Crippen LogP contribution in [0.5, 0.6) is 0 Å². The van der Waals surface area contributed by atoms with Crippen molar-refractivity contribution in [1.29, 1.82) is 0 Å². The fourth-order valence-corrected chi connectivity index (χ4v) is 2.15. The molecular formula is C15H10Cl2N2O3. The molecular weight excluding hydrogens is 327 g/mol. The Labute approximate surface area is 136 Å². The van der Waals surface area contributed by atoms with E-state index >= 15 is 0 Å². The Hall–Kier alpha value is -2.37. The Balaban J connectivity index is 2.08. The smallest absolute Gasteiger partial charge is 0.271 e. The summed E-state index contributed by atoms with van der Waals surface area (Å²) in [6.07, 6.45) is 2.82. The fraction of sp³-hybridized carbons (Fsp3) is 0. The van der Waals surface area contributed by atoms with Crippen LogP contribution in [0.1, 0.15) is 5.56 Å². The van der Waals surface area contributed by atoms with Crippen molar-refractivity contribution in [3.8, 4) is 0 Å². The lowest BCUT2D eigenvalue weighted by atomic mass is 10.2. The number of nitro groups is 1. The van der Waals surface area contributed by atoms with E-state index in [0.717, 1.165) is 0 Å². The Morgan fingerprint density at radius 1 is 1.18 bits per heavy atom. The lowest BCUT2D eigenvalue weighted by Gasteiger charge is -2.02. The molecule has 2 aromatic carbocycles. The van der Waals surface area contributed by atoms with Gasteiger partial charge in [0.1, 0.15) is 0 Å². The fourth-order valence-electron chi connectivity index (χ4n) is 1.68. The summed E-state index contributed by atoms with van der Waals surface area (Å²) in [5.74, 6) is -0.425. The van der Waals surface area contributed by atoms with Crippen molar-refractivity contribution in [2.45, 2.75) is 0 Å². The summed E-state index contributed by atoms with van der Waals surface area (Å²) in [5, 5.41) is 14.1. The van der Waals surface area contributed by atoms with Crippen LogP contribution in [0.2, 0.25) is 10.0 Å². The molecule has 0 aliphatic carbocycles. The van der Waals surface area contributed by atoms with Crippen LogP contribution in [-0.4, -0.2) is 10.8 Å². The predicted octanol–water partition coefficient (Wildman–Crippen LogP) is 4.55. The summed E-state index contributed by atoms with van der Waals surface area (Å²) in [6.45, 7) is 0. The number of nitro benzene ring substituents is 1.